The lowest BCUT2D eigenvalue weighted by Gasteiger charge is -2.28. The van der Waals surface area contributed by atoms with Crippen LogP contribution in [-0.2, 0) is 6.54 Å². The van der Waals surface area contributed by atoms with Crippen LogP contribution in [0, 0.1) is 0 Å². The lowest BCUT2D eigenvalue weighted by molar-refractivity contribution is 0.0145. The zero-order chi connectivity index (χ0) is 12.3. The van der Waals surface area contributed by atoms with Crippen molar-refractivity contribution >= 4 is 11.6 Å². The number of likely N-dealkylation sites (N-methyl/N-ethyl adjacent to an activating group) is 1. The molecule has 1 saturated carbocycles. The molecule has 1 aromatic heterocycles. The van der Waals surface area contributed by atoms with Crippen LogP contribution in [0.25, 0.3) is 0 Å². The lowest BCUT2D eigenvalue weighted by Crippen LogP contribution is -2.38. The molecule has 0 spiro atoms. The van der Waals surface area contributed by atoms with Crippen LogP contribution in [0.1, 0.15) is 31.2 Å². The first-order valence-electron chi connectivity index (χ1n) is 6.09. The Labute approximate surface area is 107 Å². The Hall–Kier alpha value is -0.640. The van der Waals surface area contributed by atoms with E-state index in [1.807, 2.05) is 13.1 Å². The molecule has 94 valence electrons. The molecular formula is C13H19ClN2O. The van der Waals surface area contributed by atoms with Crippen molar-refractivity contribution in [1.29, 1.82) is 0 Å². The fourth-order valence-corrected chi connectivity index (χ4v) is 2.67. The van der Waals surface area contributed by atoms with E-state index in [0.717, 1.165) is 44.3 Å². The van der Waals surface area contributed by atoms with E-state index in [9.17, 15) is 5.11 Å². The molecule has 0 amide bonds. The van der Waals surface area contributed by atoms with E-state index in [4.69, 9.17) is 11.6 Å². The number of rotatable bonds is 4. The lowest BCUT2D eigenvalue weighted by atomic mass is 10.0. The van der Waals surface area contributed by atoms with Gasteiger partial charge in [-0.15, -0.1) is 0 Å². The summed E-state index contributed by atoms with van der Waals surface area (Å²) < 4.78 is 0. The number of hydrogen-bond acceptors (Lipinski definition) is 3. The minimum atomic E-state index is -0.478. The zero-order valence-electron chi connectivity index (χ0n) is 10.2. The van der Waals surface area contributed by atoms with Gasteiger partial charge in [0.05, 0.1) is 5.60 Å². The highest BCUT2D eigenvalue weighted by atomic mass is 35.5. The molecular weight excluding hydrogens is 236 g/mol. The van der Waals surface area contributed by atoms with Crippen LogP contribution in [0.2, 0.25) is 5.15 Å². The van der Waals surface area contributed by atoms with E-state index in [1.54, 1.807) is 12.3 Å². The fourth-order valence-electron chi connectivity index (χ4n) is 2.56. The Morgan fingerprint density at radius 2 is 2.12 bits per heavy atom. The molecule has 1 aliphatic rings. The second-order valence-electron chi connectivity index (χ2n) is 5.09. The Morgan fingerprint density at radius 1 is 1.41 bits per heavy atom. The van der Waals surface area contributed by atoms with Crippen LogP contribution in [-0.4, -0.2) is 34.2 Å². The van der Waals surface area contributed by atoms with Gasteiger partial charge in [-0.1, -0.05) is 30.5 Å². The first-order valence-corrected chi connectivity index (χ1v) is 6.47. The van der Waals surface area contributed by atoms with Gasteiger partial charge < -0.3 is 5.11 Å². The van der Waals surface area contributed by atoms with Crippen LogP contribution in [0.4, 0.5) is 0 Å². The van der Waals surface area contributed by atoms with Crippen LogP contribution in [0.3, 0.4) is 0 Å². The van der Waals surface area contributed by atoms with Gasteiger partial charge in [0.25, 0.3) is 0 Å². The van der Waals surface area contributed by atoms with Gasteiger partial charge in [-0.2, -0.15) is 0 Å². The van der Waals surface area contributed by atoms with Gasteiger partial charge in [-0.05, 0) is 31.5 Å². The summed E-state index contributed by atoms with van der Waals surface area (Å²) >= 11 is 5.74. The maximum absolute atomic E-state index is 10.3. The summed E-state index contributed by atoms with van der Waals surface area (Å²) in [5, 5.41) is 10.8. The molecule has 0 atom stereocenters. The number of aliphatic hydroxyl groups is 1. The molecule has 1 N–H and O–H groups in total. The molecule has 4 heteroatoms. The highest BCUT2D eigenvalue weighted by Crippen LogP contribution is 2.30. The van der Waals surface area contributed by atoms with E-state index >= 15 is 0 Å². The smallest absolute Gasteiger partial charge is 0.129 e. The highest BCUT2D eigenvalue weighted by molar-refractivity contribution is 6.29. The Balaban J connectivity index is 1.88. The fraction of sp³-hybridized carbons (Fsp3) is 0.615. The van der Waals surface area contributed by atoms with Crippen molar-refractivity contribution in [2.75, 3.05) is 13.6 Å². The number of aromatic nitrogens is 1. The third-order valence-corrected chi connectivity index (χ3v) is 3.56. The third-order valence-electron chi connectivity index (χ3n) is 3.34. The van der Waals surface area contributed by atoms with Gasteiger partial charge in [-0.25, -0.2) is 4.98 Å². The van der Waals surface area contributed by atoms with Crippen molar-refractivity contribution in [3.05, 3.63) is 29.0 Å². The van der Waals surface area contributed by atoms with Gasteiger partial charge in [0, 0.05) is 19.3 Å². The van der Waals surface area contributed by atoms with Crippen LogP contribution in [0.15, 0.2) is 18.3 Å². The third kappa shape index (κ3) is 3.66. The van der Waals surface area contributed by atoms with Gasteiger partial charge in [0.15, 0.2) is 0 Å². The maximum atomic E-state index is 10.3. The van der Waals surface area contributed by atoms with Crippen molar-refractivity contribution < 1.29 is 5.11 Å². The molecule has 2 rings (SSSR count). The Bertz CT molecular complexity index is 360. The minimum absolute atomic E-state index is 0.478. The molecule has 0 aliphatic heterocycles. The first-order chi connectivity index (χ1) is 8.07. The molecule has 1 fully saturated rings. The van der Waals surface area contributed by atoms with E-state index < -0.39 is 5.60 Å². The molecule has 1 aromatic rings. The molecule has 0 radical (unpaired) electrons. The molecule has 1 heterocycles. The zero-order valence-corrected chi connectivity index (χ0v) is 11.0. The van der Waals surface area contributed by atoms with Gasteiger partial charge in [0.2, 0.25) is 0 Å². The average Bonchev–Trinajstić information content (AvgIpc) is 2.68. The normalized spacial score (nSPS) is 18.8. The van der Waals surface area contributed by atoms with E-state index in [1.165, 1.54) is 0 Å². The van der Waals surface area contributed by atoms with E-state index in [2.05, 4.69) is 9.88 Å². The van der Waals surface area contributed by atoms with E-state index in [0.29, 0.717) is 5.15 Å². The van der Waals surface area contributed by atoms with E-state index in [-0.39, 0.29) is 0 Å². The second kappa shape index (κ2) is 5.34. The maximum Gasteiger partial charge on any atom is 0.129 e. The molecule has 1 aliphatic carbocycles. The standard InChI is InChI=1S/C13H19ClN2O/c1-16(10-13(17)6-2-3-7-13)9-11-4-5-12(14)15-8-11/h4-5,8,17H,2-3,6-7,9-10H2,1H3. The number of pyridine rings is 1. The first kappa shape index (κ1) is 12.8. The number of nitrogens with zero attached hydrogens (tertiary/aromatic N) is 2. The molecule has 0 saturated heterocycles. The Morgan fingerprint density at radius 3 is 2.71 bits per heavy atom. The topological polar surface area (TPSA) is 36.4 Å². The Kier molecular flexibility index (Phi) is 4.02. The summed E-state index contributed by atoms with van der Waals surface area (Å²) in [6.07, 6.45) is 5.93. The SMILES string of the molecule is CN(Cc1ccc(Cl)nc1)CC1(O)CCCC1. The molecule has 0 unspecified atom stereocenters. The summed E-state index contributed by atoms with van der Waals surface area (Å²) in [5.74, 6) is 0. The van der Waals surface area contributed by atoms with Crippen LogP contribution in [0.5, 0.6) is 0 Å². The van der Waals surface area contributed by atoms with Crippen molar-refractivity contribution in [3.8, 4) is 0 Å². The molecule has 3 nitrogen and oxygen atoms in total. The second-order valence-corrected chi connectivity index (χ2v) is 5.48. The van der Waals surface area contributed by atoms with Crippen LogP contribution >= 0.6 is 11.6 Å². The summed E-state index contributed by atoms with van der Waals surface area (Å²) in [6.45, 7) is 1.53. The predicted molar refractivity (Wildman–Crippen MR) is 69.0 cm³/mol. The van der Waals surface area contributed by atoms with Crippen molar-refractivity contribution in [2.45, 2.75) is 37.8 Å². The minimum Gasteiger partial charge on any atom is -0.389 e. The van der Waals surface area contributed by atoms with Crippen molar-refractivity contribution in [3.63, 3.8) is 0 Å². The van der Waals surface area contributed by atoms with Gasteiger partial charge in [-0.3, -0.25) is 4.90 Å². The molecule has 0 aromatic carbocycles. The summed E-state index contributed by atoms with van der Waals surface area (Å²) in [6, 6.07) is 3.78. The van der Waals surface area contributed by atoms with Crippen molar-refractivity contribution in [1.82, 2.24) is 9.88 Å². The largest absolute Gasteiger partial charge is 0.389 e. The number of halogens is 1. The highest BCUT2D eigenvalue weighted by Gasteiger charge is 2.31. The summed E-state index contributed by atoms with van der Waals surface area (Å²) in [7, 11) is 2.03. The van der Waals surface area contributed by atoms with Crippen molar-refractivity contribution in [2.24, 2.45) is 0 Å². The molecule has 17 heavy (non-hydrogen) atoms. The average molecular weight is 255 g/mol. The summed E-state index contributed by atoms with van der Waals surface area (Å²) in [4.78, 5) is 6.21. The number of hydrogen-bond donors (Lipinski definition) is 1. The summed E-state index contributed by atoms with van der Waals surface area (Å²) in [5.41, 5.74) is 0.646. The molecule has 0 bridgehead atoms. The quantitative estimate of drug-likeness (QED) is 0.839. The van der Waals surface area contributed by atoms with Crippen LogP contribution < -0.4 is 0 Å². The van der Waals surface area contributed by atoms with Gasteiger partial charge >= 0.3 is 0 Å². The monoisotopic (exact) mass is 254 g/mol. The van der Waals surface area contributed by atoms with Gasteiger partial charge in [0.1, 0.15) is 5.15 Å². The predicted octanol–water partition coefficient (Wildman–Crippen LogP) is 2.47.